The van der Waals surface area contributed by atoms with Gasteiger partial charge < -0.3 is 14.4 Å². The van der Waals surface area contributed by atoms with Gasteiger partial charge in [0.15, 0.2) is 0 Å². The number of carboxylic acids is 1. The number of para-hydroxylation sites is 1. The minimum Gasteiger partial charge on any atom is -0.481 e. The maximum atomic E-state index is 15.0. The van der Waals surface area contributed by atoms with Gasteiger partial charge in [0.25, 0.3) is 5.91 Å². The molecule has 0 bridgehead atoms. The lowest BCUT2D eigenvalue weighted by Crippen LogP contribution is -2.45. The Bertz CT molecular complexity index is 1320. The first-order valence-corrected chi connectivity index (χ1v) is 11.9. The molecule has 1 fully saturated rings. The van der Waals surface area contributed by atoms with Gasteiger partial charge in [0.05, 0.1) is 22.9 Å². The fraction of sp³-hybridized carbons (Fsp3) is 0.286. The van der Waals surface area contributed by atoms with Crippen molar-refractivity contribution in [2.75, 3.05) is 4.90 Å². The van der Waals surface area contributed by atoms with E-state index in [2.05, 4.69) is 0 Å². The van der Waals surface area contributed by atoms with Crippen molar-refractivity contribution in [2.45, 2.75) is 50.9 Å². The number of hydrogen-bond acceptors (Lipinski definition) is 4. The van der Waals surface area contributed by atoms with E-state index in [9.17, 15) is 19.1 Å². The summed E-state index contributed by atoms with van der Waals surface area (Å²) in [6, 6.07) is 18.7. The number of carbonyl (C=O) groups excluding carboxylic acids is 1. The van der Waals surface area contributed by atoms with Crippen LogP contribution in [0.1, 0.15) is 61.1 Å². The van der Waals surface area contributed by atoms with Crippen LogP contribution in [0, 0.1) is 5.82 Å². The molecule has 0 radical (unpaired) electrons. The predicted molar refractivity (Wildman–Crippen MR) is 135 cm³/mol. The molecule has 0 saturated carbocycles. The van der Waals surface area contributed by atoms with Gasteiger partial charge in [0.2, 0.25) is 0 Å². The van der Waals surface area contributed by atoms with E-state index in [1.54, 1.807) is 54.6 Å². The molecule has 3 aromatic rings. The van der Waals surface area contributed by atoms with Crippen LogP contribution in [0.4, 0.5) is 10.1 Å². The largest absolute Gasteiger partial charge is 0.494 e. The minimum absolute atomic E-state index is 0.0308. The number of benzene rings is 3. The molecule has 2 heterocycles. The highest BCUT2D eigenvalue weighted by molar-refractivity contribution is 6.62. The molecule has 0 aliphatic carbocycles. The van der Waals surface area contributed by atoms with E-state index < -0.39 is 48.0 Å². The molecule has 0 spiro atoms. The standard InChI is InChI=1S/C28H27BFNO5/c1-27(2)28(3,4)36-29(35-27)18-15-13-17(14-16-18)24-23(26(33)34)19-9-5-6-10-20(19)25(32)31(24)22-12-8-7-11-21(22)30/h5-16,23-24H,1-4H3,(H,33,34)/t23-,24-/m1/s1. The molecule has 8 heteroatoms. The lowest BCUT2D eigenvalue weighted by Gasteiger charge is -2.41. The quantitative estimate of drug-likeness (QED) is 0.541. The van der Waals surface area contributed by atoms with E-state index in [1.165, 1.54) is 23.1 Å². The third-order valence-electron chi connectivity index (χ3n) is 7.52. The van der Waals surface area contributed by atoms with E-state index in [1.807, 2.05) is 27.7 Å². The first-order chi connectivity index (χ1) is 17.0. The number of carboxylic acid groups (broad SMARTS) is 1. The number of amides is 1. The molecule has 5 rings (SSSR count). The Hall–Kier alpha value is -3.49. The van der Waals surface area contributed by atoms with Gasteiger partial charge in [-0.15, -0.1) is 0 Å². The van der Waals surface area contributed by atoms with Gasteiger partial charge in [-0.2, -0.15) is 0 Å². The lowest BCUT2D eigenvalue weighted by atomic mass is 9.76. The highest BCUT2D eigenvalue weighted by atomic mass is 19.1. The summed E-state index contributed by atoms with van der Waals surface area (Å²) in [5.41, 5.74) is 1.000. The van der Waals surface area contributed by atoms with Crippen molar-refractivity contribution in [2.24, 2.45) is 0 Å². The number of rotatable bonds is 4. The van der Waals surface area contributed by atoms with Crippen molar-refractivity contribution in [1.29, 1.82) is 0 Å². The zero-order valence-electron chi connectivity index (χ0n) is 20.6. The van der Waals surface area contributed by atoms with Crippen LogP contribution in [0.25, 0.3) is 0 Å². The normalized spacial score (nSPS) is 22.4. The van der Waals surface area contributed by atoms with Crippen molar-refractivity contribution in [3.05, 3.63) is 95.3 Å². The molecule has 0 aromatic heterocycles. The molecule has 1 N–H and O–H groups in total. The van der Waals surface area contributed by atoms with Gasteiger partial charge in [-0.3, -0.25) is 14.5 Å². The Kier molecular flexibility index (Phi) is 5.77. The summed E-state index contributed by atoms with van der Waals surface area (Å²) < 4.78 is 27.2. The van der Waals surface area contributed by atoms with Gasteiger partial charge in [-0.25, -0.2) is 4.39 Å². The number of anilines is 1. The fourth-order valence-electron chi connectivity index (χ4n) is 4.88. The Morgan fingerprint density at radius 2 is 1.50 bits per heavy atom. The van der Waals surface area contributed by atoms with Gasteiger partial charge >= 0.3 is 13.1 Å². The van der Waals surface area contributed by atoms with E-state index in [4.69, 9.17) is 9.31 Å². The summed E-state index contributed by atoms with van der Waals surface area (Å²) >= 11 is 0. The molecule has 184 valence electrons. The minimum atomic E-state index is -1.10. The molecule has 36 heavy (non-hydrogen) atoms. The molecule has 1 saturated heterocycles. The second-order valence-electron chi connectivity index (χ2n) is 10.2. The van der Waals surface area contributed by atoms with Crippen LogP contribution in [0.2, 0.25) is 0 Å². The van der Waals surface area contributed by atoms with Crippen molar-refractivity contribution in [3.8, 4) is 0 Å². The number of nitrogens with zero attached hydrogens (tertiary/aromatic N) is 1. The first kappa shape index (κ1) is 24.2. The van der Waals surface area contributed by atoms with Crippen LogP contribution < -0.4 is 10.4 Å². The summed E-state index contributed by atoms with van der Waals surface area (Å²) in [6.45, 7) is 7.87. The van der Waals surface area contributed by atoms with E-state index in [0.29, 0.717) is 11.1 Å². The highest BCUT2D eigenvalue weighted by Crippen LogP contribution is 2.45. The summed E-state index contributed by atoms with van der Waals surface area (Å²) in [4.78, 5) is 27.5. The number of fused-ring (bicyclic) bond motifs is 1. The summed E-state index contributed by atoms with van der Waals surface area (Å²) in [7, 11) is -0.587. The monoisotopic (exact) mass is 487 g/mol. The van der Waals surface area contributed by atoms with Crippen molar-refractivity contribution in [1.82, 2.24) is 0 Å². The summed E-state index contributed by atoms with van der Waals surface area (Å²) in [5.74, 6) is -3.25. The van der Waals surface area contributed by atoms with Crippen LogP contribution in [-0.2, 0) is 14.1 Å². The number of hydrogen-bond donors (Lipinski definition) is 1. The molecule has 0 unspecified atom stereocenters. The van der Waals surface area contributed by atoms with Crippen LogP contribution in [-0.4, -0.2) is 35.3 Å². The highest BCUT2D eigenvalue weighted by Gasteiger charge is 2.52. The predicted octanol–water partition coefficient (Wildman–Crippen LogP) is 4.69. The molecular weight excluding hydrogens is 460 g/mol. The molecular formula is C28H27BFNO5. The zero-order chi connectivity index (χ0) is 25.8. The van der Waals surface area contributed by atoms with Crippen molar-refractivity contribution in [3.63, 3.8) is 0 Å². The van der Waals surface area contributed by atoms with Crippen LogP contribution in [0.5, 0.6) is 0 Å². The Balaban J connectivity index is 1.62. The van der Waals surface area contributed by atoms with E-state index in [0.717, 1.165) is 5.46 Å². The zero-order valence-corrected chi connectivity index (χ0v) is 20.6. The third-order valence-corrected chi connectivity index (χ3v) is 7.52. The van der Waals surface area contributed by atoms with Gasteiger partial charge in [0.1, 0.15) is 11.7 Å². The van der Waals surface area contributed by atoms with Gasteiger partial charge in [0, 0.05) is 5.56 Å². The molecule has 3 aromatic carbocycles. The number of carbonyl (C=O) groups is 2. The smallest absolute Gasteiger partial charge is 0.481 e. The van der Waals surface area contributed by atoms with Crippen molar-refractivity contribution < 1.29 is 28.4 Å². The molecule has 6 nitrogen and oxygen atoms in total. The molecule has 1 amide bonds. The second-order valence-corrected chi connectivity index (χ2v) is 10.2. The van der Waals surface area contributed by atoms with Crippen LogP contribution >= 0.6 is 0 Å². The van der Waals surface area contributed by atoms with Crippen LogP contribution in [0.3, 0.4) is 0 Å². The summed E-state index contributed by atoms with van der Waals surface area (Å²) in [5, 5.41) is 10.3. The lowest BCUT2D eigenvalue weighted by molar-refractivity contribution is -0.139. The molecule has 2 aliphatic heterocycles. The van der Waals surface area contributed by atoms with Gasteiger partial charge in [-0.05, 0) is 62.5 Å². The molecule has 2 aliphatic rings. The average molecular weight is 487 g/mol. The van der Waals surface area contributed by atoms with E-state index in [-0.39, 0.29) is 11.3 Å². The number of halogens is 1. The SMILES string of the molecule is CC1(C)OB(c2ccc([C@@H]3[C@H](C(=O)O)c4ccccc4C(=O)N3c3ccccc3F)cc2)OC1(C)C. The maximum Gasteiger partial charge on any atom is 0.494 e. The first-order valence-electron chi connectivity index (χ1n) is 11.9. The topological polar surface area (TPSA) is 76.1 Å². The summed E-state index contributed by atoms with van der Waals surface area (Å²) in [6.07, 6.45) is 0. The Morgan fingerprint density at radius 3 is 2.11 bits per heavy atom. The average Bonchev–Trinajstić information content (AvgIpc) is 3.06. The van der Waals surface area contributed by atoms with Crippen LogP contribution in [0.15, 0.2) is 72.8 Å². The maximum absolute atomic E-state index is 15.0. The third kappa shape index (κ3) is 3.81. The fourth-order valence-corrected chi connectivity index (χ4v) is 4.88. The van der Waals surface area contributed by atoms with E-state index >= 15 is 0 Å². The Morgan fingerprint density at radius 1 is 0.917 bits per heavy atom. The molecule has 2 atom stereocenters. The van der Waals surface area contributed by atoms with Crippen molar-refractivity contribution >= 4 is 30.1 Å². The second kappa shape index (κ2) is 8.57. The Labute approximate surface area is 209 Å². The number of aliphatic carboxylic acids is 1. The van der Waals surface area contributed by atoms with Gasteiger partial charge in [-0.1, -0.05) is 54.6 Å².